The highest BCUT2D eigenvalue weighted by molar-refractivity contribution is 7.89. The Morgan fingerprint density at radius 1 is 1.50 bits per heavy atom. The topological polar surface area (TPSA) is 115 Å². The molecule has 1 unspecified atom stereocenters. The van der Waals surface area contributed by atoms with E-state index in [1.165, 1.54) is 6.92 Å². The summed E-state index contributed by atoms with van der Waals surface area (Å²) in [6.45, 7) is 3.00. The summed E-state index contributed by atoms with van der Waals surface area (Å²) in [4.78, 5) is 9.47. The summed E-state index contributed by atoms with van der Waals surface area (Å²) in [6, 6.07) is 1.41. The number of nitro benzene ring substituents is 1. The maximum Gasteiger partial charge on any atom is 0.276 e. The highest BCUT2D eigenvalue weighted by Gasteiger charge is 2.22. The van der Waals surface area contributed by atoms with Gasteiger partial charge in [0.25, 0.3) is 5.69 Å². The van der Waals surface area contributed by atoms with Crippen LogP contribution in [0.25, 0.3) is 0 Å². The number of halogens is 1. The molecule has 3 N–H and O–H groups in total. The van der Waals surface area contributed by atoms with E-state index in [4.69, 9.17) is 5.73 Å². The summed E-state index contributed by atoms with van der Waals surface area (Å²) in [5, 5.41) is 10.8. The van der Waals surface area contributed by atoms with E-state index in [-0.39, 0.29) is 18.2 Å². The molecule has 0 aliphatic carbocycles. The summed E-state index contributed by atoms with van der Waals surface area (Å²) < 4.78 is 39.6. The fraction of sp³-hybridized carbons (Fsp3) is 0.455. The Bertz CT molecular complexity index is 616. The molecule has 0 fully saturated rings. The number of sulfonamides is 1. The number of nitrogens with one attached hydrogen (secondary N) is 1. The number of hydrogen-bond donors (Lipinski definition) is 2. The van der Waals surface area contributed by atoms with Crippen molar-refractivity contribution in [3.05, 3.63) is 33.6 Å². The quantitative estimate of drug-likeness (QED) is 0.602. The molecule has 9 heteroatoms. The summed E-state index contributed by atoms with van der Waals surface area (Å²) in [5.74, 6) is -0.938. The van der Waals surface area contributed by atoms with Crippen molar-refractivity contribution in [2.24, 2.45) is 5.73 Å². The monoisotopic (exact) mass is 305 g/mol. The standard InChI is InChI=1S/C11H16FN3O4S/c1-7(13)3-4-14-20(18,19)9-5-10(12)8(2)11(6-9)15(16)17/h5-7,14H,3-4,13H2,1-2H3. The summed E-state index contributed by atoms with van der Waals surface area (Å²) in [7, 11) is -4.00. The van der Waals surface area contributed by atoms with Crippen LogP contribution in [-0.4, -0.2) is 25.9 Å². The van der Waals surface area contributed by atoms with Gasteiger partial charge in [0.1, 0.15) is 5.82 Å². The van der Waals surface area contributed by atoms with Crippen LogP contribution < -0.4 is 10.5 Å². The Labute approximate surface area is 116 Å². The van der Waals surface area contributed by atoms with Crippen LogP contribution in [-0.2, 0) is 10.0 Å². The first-order chi connectivity index (χ1) is 9.15. The molecular formula is C11H16FN3O4S. The molecule has 0 aliphatic rings. The van der Waals surface area contributed by atoms with E-state index in [0.29, 0.717) is 6.42 Å². The zero-order valence-corrected chi connectivity index (χ0v) is 11.9. The van der Waals surface area contributed by atoms with Crippen molar-refractivity contribution < 1.29 is 17.7 Å². The molecule has 0 heterocycles. The van der Waals surface area contributed by atoms with Gasteiger partial charge in [-0.05, 0) is 26.3 Å². The fourth-order valence-corrected chi connectivity index (χ4v) is 2.57. The first-order valence-electron chi connectivity index (χ1n) is 5.85. The number of rotatable bonds is 6. The zero-order valence-electron chi connectivity index (χ0n) is 11.1. The molecule has 0 radical (unpaired) electrons. The first kappa shape index (κ1) is 16.5. The van der Waals surface area contributed by atoms with Crippen LogP contribution in [0.3, 0.4) is 0 Å². The van der Waals surface area contributed by atoms with Gasteiger partial charge >= 0.3 is 0 Å². The Kier molecular flexibility index (Phi) is 5.15. The Morgan fingerprint density at radius 3 is 2.60 bits per heavy atom. The lowest BCUT2D eigenvalue weighted by Crippen LogP contribution is -2.29. The van der Waals surface area contributed by atoms with Gasteiger partial charge in [-0.25, -0.2) is 17.5 Å². The van der Waals surface area contributed by atoms with Crippen LogP contribution in [0.4, 0.5) is 10.1 Å². The van der Waals surface area contributed by atoms with Gasteiger partial charge in [-0.1, -0.05) is 0 Å². The molecular weight excluding hydrogens is 289 g/mol. The van der Waals surface area contributed by atoms with E-state index in [2.05, 4.69) is 4.72 Å². The highest BCUT2D eigenvalue weighted by Crippen LogP contribution is 2.25. The van der Waals surface area contributed by atoms with E-state index in [1.54, 1.807) is 6.92 Å². The molecule has 1 atom stereocenters. The molecule has 0 saturated carbocycles. The molecule has 0 spiro atoms. The van der Waals surface area contributed by atoms with Crippen molar-refractivity contribution in [3.8, 4) is 0 Å². The lowest BCUT2D eigenvalue weighted by Gasteiger charge is -2.09. The molecule has 7 nitrogen and oxygen atoms in total. The summed E-state index contributed by atoms with van der Waals surface area (Å²) in [6.07, 6.45) is 0.398. The lowest BCUT2D eigenvalue weighted by molar-refractivity contribution is -0.385. The number of hydrogen-bond acceptors (Lipinski definition) is 5. The second-order valence-corrected chi connectivity index (χ2v) is 6.24. The number of nitro groups is 1. The van der Waals surface area contributed by atoms with Crippen LogP contribution in [0.2, 0.25) is 0 Å². The van der Waals surface area contributed by atoms with Crippen LogP contribution in [0.5, 0.6) is 0 Å². The van der Waals surface area contributed by atoms with Gasteiger partial charge in [-0.15, -0.1) is 0 Å². The van der Waals surface area contributed by atoms with Gasteiger partial charge in [0.05, 0.1) is 15.4 Å². The van der Waals surface area contributed by atoms with Crippen molar-refractivity contribution in [3.63, 3.8) is 0 Å². The zero-order chi connectivity index (χ0) is 15.5. The molecule has 112 valence electrons. The van der Waals surface area contributed by atoms with Crippen LogP contribution in [0.15, 0.2) is 17.0 Å². The molecule has 0 bridgehead atoms. The first-order valence-corrected chi connectivity index (χ1v) is 7.33. The molecule has 1 rings (SSSR count). The average molecular weight is 305 g/mol. The minimum Gasteiger partial charge on any atom is -0.328 e. The third-order valence-corrected chi connectivity index (χ3v) is 4.13. The van der Waals surface area contributed by atoms with Crippen molar-refractivity contribution >= 4 is 15.7 Å². The highest BCUT2D eigenvalue weighted by atomic mass is 32.2. The van der Waals surface area contributed by atoms with Gasteiger partial charge in [0.2, 0.25) is 10.0 Å². The van der Waals surface area contributed by atoms with Crippen molar-refractivity contribution in [1.29, 1.82) is 0 Å². The van der Waals surface area contributed by atoms with Gasteiger partial charge in [-0.2, -0.15) is 0 Å². The van der Waals surface area contributed by atoms with Gasteiger partial charge in [-0.3, -0.25) is 10.1 Å². The van der Waals surface area contributed by atoms with Crippen LogP contribution >= 0.6 is 0 Å². The Hall–Kier alpha value is -1.58. The third-order valence-electron chi connectivity index (χ3n) is 2.69. The molecule has 0 amide bonds. The van der Waals surface area contributed by atoms with E-state index < -0.39 is 31.3 Å². The van der Waals surface area contributed by atoms with Gasteiger partial charge < -0.3 is 5.73 Å². The minimum absolute atomic E-state index is 0.0727. The summed E-state index contributed by atoms with van der Waals surface area (Å²) >= 11 is 0. The maximum atomic E-state index is 13.6. The Balaban J connectivity index is 3.10. The average Bonchev–Trinajstić information content (AvgIpc) is 2.31. The van der Waals surface area contributed by atoms with Crippen molar-refractivity contribution in [2.45, 2.75) is 31.2 Å². The number of nitrogens with two attached hydrogens (primary N) is 1. The number of nitrogens with zero attached hydrogens (tertiary/aromatic N) is 1. The van der Waals surface area contributed by atoms with Crippen molar-refractivity contribution in [2.75, 3.05) is 6.54 Å². The molecule has 1 aromatic carbocycles. The third kappa shape index (κ3) is 3.95. The van der Waals surface area contributed by atoms with E-state index in [9.17, 15) is 22.9 Å². The smallest absolute Gasteiger partial charge is 0.276 e. The Morgan fingerprint density at radius 2 is 2.10 bits per heavy atom. The molecule has 0 saturated heterocycles. The van der Waals surface area contributed by atoms with E-state index in [0.717, 1.165) is 12.1 Å². The molecule has 20 heavy (non-hydrogen) atoms. The second-order valence-electron chi connectivity index (χ2n) is 4.47. The lowest BCUT2D eigenvalue weighted by atomic mass is 10.2. The maximum absolute atomic E-state index is 13.6. The van der Waals surface area contributed by atoms with Crippen molar-refractivity contribution in [1.82, 2.24) is 4.72 Å². The summed E-state index contributed by atoms with van der Waals surface area (Å²) in [5.41, 5.74) is 4.71. The van der Waals surface area contributed by atoms with Gasteiger partial charge in [0.15, 0.2) is 0 Å². The largest absolute Gasteiger partial charge is 0.328 e. The molecule has 0 aromatic heterocycles. The van der Waals surface area contributed by atoms with Crippen LogP contribution in [0.1, 0.15) is 18.9 Å². The van der Waals surface area contributed by atoms with E-state index in [1.807, 2.05) is 0 Å². The fourth-order valence-electron chi connectivity index (χ4n) is 1.49. The molecule has 1 aromatic rings. The predicted octanol–water partition coefficient (Wildman–Crippen LogP) is 1.06. The predicted molar refractivity (Wildman–Crippen MR) is 71.2 cm³/mol. The number of benzene rings is 1. The van der Waals surface area contributed by atoms with Crippen LogP contribution in [0, 0.1) is 22.9 Å². The second kappa shape index (κ2) is 6.25. The SMILES string of the molecule is Cc1c(F)cc(S(=O)(=O)NCCC(C)N)cc1[N+](=O)[O-]. The normalized spacial score (nSPS) is 13.2. The van der Waals surface area contributed by atoms with E-state index >= 15 is 0 Å². The molecule has 0 aliphatic heterocycles. The van der Waals surface area contributed by atoms with Gasteiger partial charge in [0, 0.05) is 18.7 Å². The minimum atomic E-state index is -4.00.